The molecule has 0 aromatic carbocycles. The van der Waals surface area contributed by atoms with E-state index in [9.17, 15) is 0 Å². The van der Waals surface area contributed by atoms with Crippen LogP contribution < -0.4 is 5.73 Å². The Bertz CT molecular complexity index is 217. The highest BCUT2D eigenvalue weighted by Crippen LogP contribution is 2.33. The first-order chi connectivity index (χ1) is 8.20. The predicted octanol–water partition coefficient (Wildman–Crippen LogP) is 3.16. The molecule has 0 bridgehead atoms. The Morgan fingerprint density at radius 1 is 1.12 bits per heavy atom. The summed E-state index contributed by atoms with van der Waals surface area (Å²) in [7, 11) is 0. The van der Waals surface area contributed by atoms with E-state index in [1.54, 1.807) is 0 Å². The summed E-state index contributed by atoms with van der Waals surface area (Å²) in [5.41, 5.74) is 6.01. The minimum absolute atomic E-state index is 0.479. The maximum Gasteiger partial charge on any atom is 0.00991 e. The van der Waals surface area contributed by atoms with Gasteiger partial charge in [-0.05, 0) is 51.5 Å². The summed E-state index contributed by atoms with van der Waals surface area (Å²) in [6, 6.07) is 2.08. The van der Waals surface area contributed by atoms with Gasteiger partial charge in [-0.1, -0.05) is 26.2 Å². The molecule has 0 amide bonds. The van der Waals surface area contributed by atoms with E-state index in [2.05, 4.69) is 18.7 Å². The van der Waals surface area contributed by atoms with Crippen molar-refractivity contribution in [1.82, 2.24) is 4.90 Å². The van der Waals surface area contributed by atoms with Crippen molar-refractivity contribution in [3.63, 3.8) is 0 Å². The second-order valence-electron chi connectivity index (χ2n) is 6.28. The fraction of sp³-hybridized carbons (Fsp3) is 1.00. The largest absolute Gasteiger partial charge is 0.328 e. The molecule has 2 N–H and O–H groups in total. The van der Waals surface area contributed by atoms with Crippen LogP contribution >= 0.6 is 0 Å². The maximum absolute atomic E-state index is 6.01. The van der Waals surface area contributed by atoms with Crippen LogP contribution in [0.25, 0.3) is 0 Å². The molecular formula is C15H30N2. The van der Waals surface area contributed by atoms with Crippen LogP contribution in [0.3, 0.4) is 0 Å². The lowest BCUT2D eigenvalue weighted by atomic mass is 9.80. The molecule has 0 aliphatic heterocycles. The quantitative estimate of drug-likeness (QED) is 0.797. The van der Waals surface area contributed by atoms with Crippen molar-refractivity contribution in [1.29, 1.82) is 0 Å². The lowest BCUT2D eigenvalue weighted by Crippen LogP contribution is -2.46. The van der Waals surface area contributed by atoms with Crippen molar-refractivity contribution in [2.24, 2.45) is 11.7 Å². The minimum atomic E-state index is 0.479. The van der Waals surface area contributed by atoms with Crippen molar-refractivity contribution >= 4 is 0 Å². The molecular weight excluding hydrogens is 208 g/mol. The number of hydrogen-bond acceptors (Lipinski definition) is 2. The van der Waals surface area contributed by atoms with Crippen LogP contribution in [0.2, 0.25) is 0 Å². The fourth-order valence-corrected chi connectivity index (χ4v) is 3.71. The molecule has 2 heteroatoms. The number of nitrogens with zero attached hydrogens (tertiary/aromatic N) is 1. The Kier molecular flexibility index (Phi) is 4.87. The van der Waals surface area contributed by atoms with Crippen LogP contribution in [-0.4, -0.2) is 29.6 Å². The van der Waals surface area contributed by atoms with Gasteiger partial charge in [-0.2, -0.15) is 0 Å². The summed E-state index contributed by atoms with van der Waals surface area (Å²) in [6.45, 7) is 5.98. The van der Waals surface area contributed by atoms with E-state index >= 15 is 0 Å². The first kappa shape index (κ1) is 13.4. The molecule has 1 unspecified atom stereocenters. The summed E-state index contributed by atoms with van der Waals surface area (Å²) in [6.07, 6.45) is 11.0. The third-order valence-electron chi connectivity index (χ3n) is 5.04. The van der Waals surface area contributed by atoms with E-state index in [0.29, 0.717) is 6.04 Å². The van der Waals surface area contributed by atoms with Gasteiger partial charge in [-0.25, -0.2) is 0 Å². The Morgan fingerprint density at radius 2 is 1.76 bits per heavy atom. The Hall–Kier alpha value is -0.0800. The third kappa shape index (κ3) is 3.45. The van der Waals surface area contributed by atoms with Crippen LogP contribution in [0.1, 0.15) is 65.2 Å². The van der Waals surface area contributed by atoms with Gasteiger partial charge in [0.05, 0.1) is 0 Å². The van der Waals surface area contributed by atoms with Gasteiger partial charge in [0.2, 0.25) is 0 Å². The van der Waals surface area contributed by atoms with Gasteiger partial charge in [0, 0.05) is 18.1 Å². The molecule has 2 rings (SSSR count). The molecule has 2 fully saturated rings. The molecule has 17 heavy (non-hydrogen) atoms. The van der Waals surface area contributed by atoms with Gasteiger partial charge in [-0.15, -0.1) is 0 Å². The van der Waals surface area contributed by atoms with Crippen molar-refractivity contribution in [2.75, 3.05) is 6.54 Å². The highest BCUT2D eigenvalue weighted by Gasteiger charge is 2.29. The lowest BCUT2D eigenvalue weighted by molar-refractivity contribution is 0.0887. The molecule has 2 nitrogen and oxygen atoms in total. The maximum atomic E-state index is 6.01. The van der Waals surface area contributed by atoms with E-state index in [0.717, 1.165) is 18.0 Å². The molecule has 2 saturated carbocycles. The standard InChI is InChI=1S/C15H30N2/c1-3-17(12(2)11-13-5-4-6-13)15-9-7-14(16)8-10-15/h12-15H,3-11,16H2,1-2H3. The zero-order valence-corrected chi connectivity index (χ0v) is 11.7. The fourth-order valence-electron chi connectivity index (χ4n) is 3.71. The molecule has 100 valence electrons. The second kappa shape index (κ2) is 6.19. The van der Waals surface area contributed by atoms with E-state index in [1.807, 2.05) is 0 Å². The zero-order chi connectivity index (χ0) is 12.3. The van der Waals surface area contributed by atoms with Crippen molar-refractivity contribution in [3.8, 4) is 0 Å². The molecule has 1 atom stereocenters. The molecule has 0 radical (unpaired) electrons. The molecule has 0 saturated heterocycles. The second-order valence-corrected chi connectivity index (χ2v) is 6.28. The Morgan fingerprint density at radius 3 is 2.24 bits per heavy atom. The summed E-state index contributed by atoms with van der Waals surface area (Å²) in [5.74, 6) is 1.03. The van der Waals surface area contributed by atoms with Crippen molar-refractivity contribution in [2.45, 2.75) is 83.3 Å². The molecule has 2 aliphatic rings. The molecule has 0 aromatic heterocycles. The SMILES string of the molecule is CCN(C(C)CC1CCC1)C1CCC(N)CC1. The Labute approximate surface area is 107 Å². The van der Waals surface area contributed by atoms with Gasteiger partial charge in [0.25, 0.3) is 0 Å². The molecule has 0 aromatic rings. The summed E-state index contributed by atoms with van der Waals surface area (Å²) < 4.78 is 0. The third-order valence-corrected chi connectivity index (χ3v) is 5.04. The van der Waals surface area contributed by atoms with E-state index in [1.165, 1.54) is 57.9 Å². The smallest absolute Gasteiger partial charge is 0.00991 e. The van der Waals surface area contributed by atoms with E-state index in [-0.39, 0.29) is 0 Å². The van der Waals surface area contributed by atoms with Gasteiger partial charge in [0.1, 0.15) is 0 Å². The average molecular weight is 238 g/mol. The predicted molar refractivity (Wildman–Crippen MR) is 74.0 cm³/mol. The molecule has 0 spiro atoms. The number of hydrogen-bond donors (Lipinski definition) is 1. The van der Waals surface area contributed by atoms with Gasteiger partial charge in [-0.3, -0.25) is 4.90 Å². The Balaban J connectivity index is 1.81. The summed E-state index contributed by atoms with van der Waals surface area (Å²) in [4.78, 5) is 2.75. The van der Waals surface area contributed by atoms with Gasteiger partial charge >= 0.3 is 0 Å². The molecule has 0 heterocycles. The number of nitrogens with two attached hydrogens (primary N) is 1. The lowest BCUT2D eigenvalue weighted by Gasteiger charge is -2.41. The normalized spacial score (nSPS) is 32.5. The summed E-state index contributed by atoms with van der Waals surface area (Å²) >= 11 is 0. The first-order valence-electron chi connectivity index (χ1n) is 7.72. The van der Waals surface area contributed by atoms with Crippen LogP contribution in [0, 0.1) is 5.92 Å². The summed E-state index contributed by atoms with van der Waals surface area (Å²) in [5, 5.41) is 0. The van der Waals surface area contributed by atoms with Crippen molar-refractivity contribution < 1.29 is 0 Å². The average Bonchev–Trinajstić information content (AvgIpc) is 2.27. The highest BCUT2D eigenvalue weighted by molar-refractivity contribution is 4.85. The van der Waals surface area contributed by atoms with Gasteiger partial charge in [0.15, 0.2) is 0 Å². The highest BCUT2D eigenvalue weighted by atomic mass is 15.2. The van der Waals surface area contributed by atoms with E-state index < -0.39 is 0 Å². The number of rotatable bonds is 5. The monoisotopic (exact) mass is 238 g/mol. The van der Waals surface area contributed by atoms with Crippen molar-refractivity contribution in [3.05, 3.63) is 0 Å². The topological polar surface area (TPSA) is 29.3 Å². The van der Waals surface area contributed by atoms with Crippen LogP contribution in [0.15, 0.2) is 0 Å². The van der Waals surface area contributed by atoms with Crippen LogP contribution in [-0.2, 0) is 0 Å². The van der Waals surface area contributed by atoms with Crippen LogP contribution in [0.4, 0.5) is 0 Å². The minimum Gasteiger partial charge on any atom is -0.328 e. The first-order valence-corrected chi connectivity index (χ1v) is 7.72. The van der Waals surface area contributed by atoms with E-state index in [4.69, 9.17) is 5.73 Å². The van der Waals surface area contributed by atoms with Gasteiger partial charge < -0.3 is 5.73 Å². The van der Waals surface area contributed by atoms with Crippen LogP contribution in [0.5, 0.6) is 0 Å². The zero-order valence-electron chi connectivity index (χ0n) is 11.7. The molecule has 2 aliphatic carbocycles.